The molecule has 98 valence electrons. The van der Waals surface area contributed by atoms with E-state index in [0.717, 1.165) is 22.0 Å². The topological polar surface area (TPSA) is 32.9 Å². The first-order valence-electron chi connectivity index (χ1n) is 6.59. The summed E-state index contributed by atoms with van der Waals surface area (Å²) in [5.74, 6) is 0.0234. The quantitative estimate of drug-likeness (QED) is 0.551. The molecule has 3 aromatic rings. The average Bonchev–Trinajstić information content (AvgIpc) is 2.89. The van der Waals surface area contributed by atoms with Crippen molar-refractivity contribution in [3.8, 4) is 0 Å². The Labute approximate surface area is 117 Å². The van der Waals surface area contributed by atoms with Gasteiger partial charge in [0.2, 0.25) is 0 Å². The molecular weight excluding hydrogens is 246 g/mol. The number of hydrogen-bond donors (Lipinski definition) is 1. The number of H-pyrrole nitrogens is 1. The molecule has 1 N–H and O–H groups in total. The van der Waals surface area contributed by atoms with Crippen LogP contribution in [-0.2, 0) is 0 Å². The highest BCUT2D eigenvalue weighted by Gasteiger charge is 2.02. The molecule has 2 heteroatoms. The Balaban J connectivity index is 1.87. The molecule has 0 bridgehead atoms. The number of fused-ring (bicyclic) bond motifs is 1. The summed E-state index contributed by atoms with van der Waals surface area (Å²) in [5.41, 5.74) is 3.98. The summed E-state index contributed by atoms with van der Waals surface area (Å²) >= 11 is 0. The van der Waals surface area contributed by atoms with Gasteiger partial charge in [-0.1, -0.05) is 48.0 Å². The number of ketones is 1. The van der Waals surface area contributed by atoms with Crippen LogP contribution in [0.25, 0.3) is 17.0 Å². The van der Waals surface area contributed by atoms with Gasteiger partial charge in [0.1, 0.15) is 0 Å². The second-order valence-corrected chi connectivity index (χ2v) is 4.85. The second-order valence-electron chi connectivity index (χ2n) is 4.85. The van der Waals surface area contributed by atoms with Crippen LogP contribution >= 0.6 is 0 Å². The molecular formula is C18H15NO. The molecule has 0 saturated carbocycles. The molecule has 2 nitrogen and oxygen atoms in total. The van der Waals surface area contributed by atoms with E-state index in [1.807, 2.05) is 67.7 Å². The summed E-state index contributed by atoms with van der Waals surface area (Å²) in [4.78, 5) is 15.3. The van der Waals surface area contributed by atoms with Crippen LogP contribution < -0.4 is 0 Å². The molecule has 20 heavy (non-hydrogen) atoms. The zero-order valence-electron chi connectivity index (χ0n) is 11.3. The number of hydrogen-bond acceptors (Lipinski definition) is 1. The Hall–Kier alpha value is -2.61. The molecule has 0 spiro atoms. The van der Waals surface area contributed by atoms with Crippen molar-refractivity contribution in [2.24, 2.45) is 0 Å². The van der Waals surface area contributed by atoms with Gasteiger partial charge >= 0.3 is 0 Å². The molecule has 0 saturated heterocycles. The van der Waals surface area contributed by atoms with E-state index < -0.39 is 0 Å². The maximum absolute atomic E-state index is 12.1. The first-order chi connectivity index (χ1) is 9.74. The van der Waals surface area contributed by atoms with Crippen LogP contribution in [0.3, 0.4) is 0 Å². The van der Waals surface area contributed by atoms with Crippen LogP contribution in [0.4, 0.5) is 0 Å². The van der Waals surface area contributed by atoms with E-state index in [-0.39, 0.29) is 5.78 Å². The predicted octanol–water partition coefficient (Wildman–Crippen LogP) is 4.37. The van der Waals surface area contributed by atoms with Crippen molar-refractivity contribution in [2.75, 3.05) is 0 Å². The first-order valence-corrected chi connectivity index (χ1v) is 6.59. The smallest absolute Gasteiger partial charge is 0.185 e. The maximum atomic E-state index is 12.1. The number of aryl methyl sites for hydroxylation is 1. The summed E-state index contributed by atoms with van der Waals surface area (Å²) in [7, 11) is 0. The number of benzene rings is 2. The number of aromatic nitrogens is 1. The Kier molecular flexibility index (Phi) is 3.21. The van der Waals surface area contributed by atoms with Crippen LogP contribution in [0.2, 0.25) is 0 Å². The lowest BCUT2D eigenvalue weighted by Crippen LogP contribution is -1.93. The highest BCUT2D eigenvalue weighted by atomic mass is 16.1. The number of allylic oxidation sites excluding steroid dienone is 1. The van der Waals surface area contributed by atoms with Crippen LogP contribution in [0.5, 0.6) is 0 Å². The van der Waals surface area contributed by atoms with E-state index >= 15 is 0 Å². The molecule has 3 rings (SSSR count). The van der Waals surface area contributed by atoms with Crippen LogP contribution in [-0.4, -0.2) is 10.8 Å². The van der Waals surface area contributed by atoms with E-state index in [1.54, 1.807) is 6.08 Å². The summed E-state index contributed by atoms with van der Waals surface area (Å²) in [6.07, 6.45) is 5.41. The lowest BCUT2D eigenvalue weighted by Gasteiger charge is -1.96. The molecule has 0 aliphatic heterocycles. The number of aromatic amines is 1. The molecule has 0 aliphatic carbocycles. The minimum atomic E-state index is 0.0234. The van der Waals surface area contributed by atoms with Gasteiger partial charge in [0.15, 0.2) is 5.78 Å². The summed E-state index contributed by atoms with van der Waals surface area (Å²) in [6.45, 7) is 2.01. The Morgan fingerprint density at radius 2 is 1.80 bits per heavy atom. The van der Waals surface area contributed by atoms with Gasteiger partial charge in [-0.05, 0) is 30.7 Å². The van der Waals surface area contributed by atoms with Crippen molar-refractivity contribution in [3.05, 3.63) is 77.5 Å². The summed E-state index contributed by atoms with van der Waals surface area (Å²) in [5, 5.41) is 1.13. The van der Waals surface area contributed by atoms with Crippen molar-refractivity contribution >= 4 is 22.8 Å². The fraction of sp³-hybridized carbons (Fsp3) is 0.0556. The Bertz CT molecular complexity index is 779. The van der Waals surface area contributed by atoms with Gasteiger partial charge in [0, 0.05) is 22.7 Å². The monoisotopic (exact) mass is 261 g/mol. The van der Waals surface area contributed by atoms with E-state index in [4.69, 9.17) is 0 Å². The molecule has 0 atom stereocenters. The average molecular weight is 261 g/mol. The Morgan fingerprint density at radius 1 is 1.05 bits per heavy atom. The van der Waals surface area contributed by atoms with Gasteiger partial charge < -0.3 is 4.98 Å². The van der Waals surface area contributed by atoms with Gasteiger partial charge in [-0.2, -0.15) is 0 Å². The van der Waals surface area contributed by atoms with E-state index in [0.29, 0.717) is 5.56 Å². The standard InChI is InChI=1S/C18H15NO/c1-13-6-8-14(9-7-13)18(20)11-10-15-12-19-17-5-3-2-4-16(15)17/h2-12,19H,1H3/b11-10+. The Morgan fingerprint density at radius 3 is 2.60 bits per heavy atom. The number of carbonyl (C=O) groups excluding carboxylic acids is 1. The first kappa shape index (κ1) is 12.4. The maximum Gasteiger partial charge on any atom is 0.185 e. The van der Waals surface area contributed by atoms with E-state index in [9.17, 15) is 4.79 Å². The van der Waals surface area contributed by atoms with Crippen LogP contribution in [0.15, 0.2) is 60.8 Å². The molecule has 0 unspecified atom stereocenters. The summed E-state index contributed by atoms with van der Waals surface area (Å²) < 4.78 is 0. The van der Waals surface area contributed by atoms with Gasteiger partial charge in [-0.25, -0.2) is 0 Å². The highest BCUT2D eigenvalue weighted by Crippen LogP contribution is 2.19. The fourth-order valence-electron chi connectivity index (χ4n) is 2.21. The number of rotatable bonds is 3. The molecule has 1 aromatic heterocycles. The minimum Gasteiger partial charge on any atom is -0.361 e. The number of nitrogens with one attached hydrogen (secondary N) is 1. The zero-order chi connectivity index (χ0) is 13.9. The second kappa shape index (κ2) is 5.17. The van der Waals surface area contributed by atoms with Gasteiger partial charge in [-0.15, -0.1) is 0 Å². The number of carbonyl (C=O) groups is 1. The van der Waals surface area contributed by atoms with Gasteiger partial charge in [0.05, 0.1) is 0 Å². The zero-order valence-corrected chi connectivity index (χ0v) is 11.3. The van der Waals surface area contributed by atoms with Crippen LogP contribution in [0, 0.1) is 6.92 Å². The molecule has 0 amide bonds. The minimum absolute atomic E-state index is 0.0234. The van der Waals surface area contributed by atoms with E-state index in [1.165, 1.54) is 0 Å². The normalized spacial score (nSPS) is 11.2. The number of para-hydroxylation sites is 1. The molecule has 0 radical (unpaired) electrons. The lowest BCUT2D eigenvalue weighted by molar-refractivity contribution is 0.104. The SMILES string of the molecule is Cc1ccc(C(=O)/C=C/c2c[nH]c3ccccc23)cc1. The molecule has 1 heterocycles. The lowest BCUT2D eigenvalue weighted by atomic mass is 10.1. The van der Waals surface area contributed by atoms with Gasteiger partial charge in [-0.3, -0.25) is 4.79 Å². The van der Waals surface area contributed by atoms with Crippen molar-refractivity contribution in [1.82, 2.24) is 4.98 Å². The third-order valence-corrected chi connectivity index (χ3v) is 3.37. The van der Waals surface area contributed by atoms with Crippen molar-refractivity contribution in [3.63, 3.8) is 0 Å². The van der Waals surface area contributed by atoms with Crippen molar-refractivity contribution < 1.29 is 4.79 Å². The van der Waals surface area contributed by atoms with E-state index in [2.05, 4.69) is 4.98 Å². The summed E-state index contributed by atoms with van der Waals surface area (Å²) in [6, 6.07) is 15.7. The third-order valence-electron chi connectivity index (χ3n) is 3.37. The predicted molar refractivity (Wildman–Crippen MR) is 82.8 cm³/mol. The van der Waals surface area contributed by atoms with Crippen molar-refractivity contribution in [1.29, 1.82) is 0 Å². The molecule has 0 fully saturated rings. The third kappa shape index (κ3) is 2.41. The van der Waals surface area contributed by atoms with Crippen LogP contribution in [0.1, 0.15) is 21.5 Å². The molecule has 2 aromatic carbocycles. The largest absolute Gasteiger partial charge is 0.361 e. The fourth-order valence-corrected chi connectivity index (χ4v) is 2.21. The molecule has 0 aliphatic rings. The highest BCUT2D eigenvalue weighted by molar-refractivity contribution is 6.07. The van der Waals surface area contributed by atoms with Gasteiger partial charge in [0.25, 0.3) is 0 Å². The van der Waals surface area contributed by atoms with Crippen molar-refractivity contribution in [2.45, 2.75) is 6.92 Å².